The van der Waals surface area contributed by atoms with Gasteiger partial charge in [0.1, 0.15) is 42.6 Å². The van der Waals surface area contributed by atoms with Crippen LogP contribution >= 0.6 is 20.5 Å². The number of ether oxygens (including phenoxy) is 2. The molecule has 33 heteroatoms. The molecule has 0 aliphatic carbocycles. The maximum Gasteiger partial charge on any atom is 0.472 e. The molecule has 1 aromatic carbocycles. The normalized spacial score (nSPS) is 13.8. The van der Waals surface area contributed by atoms with Gasteiger partial charge >= 0.3 is 19.8 Å². The zero-order valence-electron chi connectivity index (χ0n) is 60.8. The molecule has 1 rings (SSSR count). The van der Waals surface area contributed by atoms with Gasteiger partial charge in [-0.2, -0.15) is 12.6 Å². The number of aliphatic imine (C=N–C) groups is 2. The number of nitrogens with zero attached hydrogens (tertiary/aromatic N) is 2. The second-order valence-electron chi connectivity index (χ2n) is 25.7. The van der Waals surface area contributed by atoms with Crippen LogP contribution in [0.3, 0.4) is 0 Å². The minimum atomic E-state index is -4.89. The number of aliphatic hydroxyl groups is 1. The molecule has 1 unspecified atom stereocenters. The minimum absolute atomic E-state index is 0.0117. The van der Waals surface area contributed by atoms with Gasteiger partial charge in [-0.3, -0.25) is 62.2 Å². The van der Waals surface area contributed by atoms with Gasteiger partial charge in [-0.1, -0.05) is 180 Å². The number of guanidine groups is 2. The lowest BCUT2D eigenvalue weighted by Crippen LogP contribution is -2.60. The molecule has 102 heavy (non-hydrogen) atoms. The van der Waals surface area contributed by atoms with Gasteiger partial charge in [0, 0.05) is 44.6 Å². The van der Waals surface area contributed by atoms with Crippen molar-refractivity contribution in [1.82, 2.24) is 37.2 Å². The number of carbonyl (C=O) groups is 9. The first-order valence-electron chi connectivity index (χ1n) is 36.7. The van der Waals surface area contributed by atoms with Crippen molar-refractivity contribution in [3.05, 3.63) is 29.8 Å². The number of phosphoric acid groups is 1. The number of phenolic OH excluding ortho intramolecular Hbond substituents is 1. The highest BCUT2D eigenvalue weighted by molar-refractivity contribution is 7.80. The lowest BCUT2D eigenvalue weighted by atomic mass is 10.0. The number of phenols is 1. The largest absolute Gasteiger partial charge is 0.508 e. The van der Waals surface area contributed by atoms with Crippen LogP contribution in [-0.2, 0) is 72.7 Å². The molecule has 0 aliphatic rings. The zero-order chi connectivity index (χ0) is 75.8. The van der Waals surface area contributed by atoms with E-state index in [1.54, 1.807) is 0 Å². The van der Waals surface area contributed by atoms with Crippen LogP contribution in [0.5, 0.6) is 5.75 Å². The van der Waals surface area contributed by atoms with Gasteiger partial charge in [0.25, 0.3) is 0 Å². The SMILES string of the molecule is CCCCCCCCCCCCCCCC(=O)OC[C@H](COP(=O)(O)OCCNC(=O)[C@H](C)NC(=O)[C@H](CCCN=C(N)N)NC(=O)[C@H](CO)NC(=O)[C@H](Cc1ccc(O)cc1)NC(=O)[C@H](CCCN=C(N)N)NC(=O)CNC(=O)[C@@H](N)CS)OC(=O)CCCCCCCCCCCCCCC. The van der Waals surface area contributed by atoms with Crippen molar-refractivity contribution >= 4 is 85.7 Å². The number of esters is 2. The van der Waals surface area contributed by atoms with E-state index < -0.39 is 136 Å². The van der Waals surface area contributed by atoms with Crippen LogP contribution in [0, 0.1) is 0 Å². The lowest BCUT2D eigenvalue weighted by molar-refractivity contribution is -0.161. The van der Waals surface area contributed by atoms with Gasteiger partial charge in [-0.15, -0.1) is 0 Å². The van der Waals surface area contributed by atoms with Gasteiger partial charge in [-0.25, -0.2) is 4.57 Å². The highest BCUT2D eigenvalue weighted by Gasteiger charge is 2.33. The number of phosphoric ester groups is 1. The predicted molar refractivity (Wildman–Crippen MR) is 395 cm³/mol. The van der Waals surface area contributed by atoms with Crippen molar-refractivity contribution < 1.29 is 81.3 Å². The second-order valence-corrected chi connectivity index (χ2v) is 27.5. The Morgan fingerprint density at radius 1 is 0.529 bits per heavy atom. The Balaban J connectivity index is 3.07. The molecule has 8 atom stereocenters. The van der Waals surface area contributed by atoms with Crippen molar-refractivity contribution in [3.8, 4) is 5.75 Å². The van der Waals surface area contributed by atoms with Crippen LogP contribution in [0.1, 0.15) is 232 Å². The van der Waals surface area contributed by atoms with Crippen molar-refractivity contribution in [2.24, 2.45) is 38.7 Å². The number of benzene rings is 1. The van der Waals surface area contributed by atoms with Crippen molar-refractivity contribution in [2.75, 3.05) is 58.4 Å². The second kappa shape index (κ2) is 58.5. The number of nitrogens with one attached hydrogen (secondary N) is 7. The molecular weight excluding hydrogens is 1360 g/mol. The molecule has 584 valence electrons. The molecule has 31 nitrogen and oxygen atoms in total. The zero-order valence-corrected chi connectivity index (χ0v) is 62.6. The number of amides is 7. The summed E-state index contributed by atoms with van der Waals surface area (Å²) in [5.74, 6) is -7.95. The number of thiol groups is 1. The highest BCUT2D eigenvalue weighted by Crippen LogP contribution is 2.43. The standard InChI is InChI=1S/C69H125N14O17PS/c1-4-6-8-10-12-14-16-18-20-22-24-26-28-34-60(87)97-47-53(100-61(88)35-29-27-25-23-21-19-17-15-13-11-9-7-5-2)48-99-101(95,96)98-43-42-75-62(89)50(3)79-64(91)56(33-31-41-77-69(73)74)81-67(94)58(46-84)83-66(93)57(44-51-36-38-52(85)39-37-51)82-65(92)55(32-30-40-76-68(71)72)80-59(86)45-78-63(90)54(70)49-102/h36-39,50,53-58,84-85,102H,4-35,40-49,70H2,1-3H3,(H,75,89)(H,78,90)(H,79,91)(H,80,86)(H,81,94)(H,82,92)(H,83,93)(H,95,96)(H4,71,72,76)(H4,73,74,77)/t50-,53+,54-,55-,56-,57-,58-/m0/s1. The van der Waals surface area contributed by atoms with Crippen LogP contribution in [0.25, 0.3) is 0 Å². The highest BCUT2D eigenvalue weighted by atomic mass is 32.1. The molecule has 0 saturated heterocycles. The van der Waals surface area contributed by atoms with E-state index in [9.17, 15) is 62.8 Å². The molecule has 1 aromatic rings. The number of aliphatic hydroxyl groups excluding tert-OH is 1. The van der Waals surface area contributed by atoms with Gasteiger partial charge < -0.3 is 90.5 Å². The van der Waals surface area contributed by atoms with E-state index in [0.29, 0.717) is 18.4 Å². The Morgan fingerprint density at radius 2 is 0.961 bits per heavy atom. The first-order valence-corrected chi connectivity index (χ1v) is 38.9. The van der Waals surface area contributed by atoms with E-state index in [2.05, 4.69) is 73.7 Å². The number of unbranched alkanes of at least 4 members (excludes halogenated alkanes) is 24. The Kier molecular flexibility index (Phi) is 53.5. The number of hydrogen-bond donors (Lipinski definition) is 16. The van der Waals surface area contributed by atoms with Crippen molar-refractivity contribution in [1.29, 1.82) is 0 Å². The molecule has 0 fully saturated rings. The van der Waals surface area contributed by atoms with Gasteiger partial charge in [0.2, 0.25) is 41.4 Å². The fourth-order valence-corrected chi connectivity index (χ4v) is 11.5. The third kappa shape index (κ3) is 48.9. The van der Waals surface area contributed by atoms with Crippen LogP contribution in [-0.4, -0.2) is 181 Å². The van der Waals surface area contributed by atoms with E-state index >= 15 is 0 Å². The number of rotatable bonds is 63. The quantitative estimate of drug-likeness (QED) is 0.0106. The van der Waals surface area contributed by atoms with Crippen LogP contribution in [0.4, 0.5) is 0 Å². The van der Waals surface area contributed by atoms with E-state index in [-0.39, 0.29) is 88.0 Å². The van der Waals surface area contributed by atoms with Crippen LogP contribution < -0.4 is 65.9 Å². The third-order valence-electron chi connectivity index (χ3n) is 16.5. The molecule has 0 bridgehead atoms. The Bertz CT molecular complexity index is 2660. The summed E-state index contributed by atoms with van der Waals surface area (Å²) in [5, 5.41) is 37.6. The van der Waals surface area contributed by atoms with Gasteiger partial charge in [0.15, 0.2) is 18.0 Å². The van der Waals surface area contributed by atoms with E-state index in [4.69, 9.17) is 47.2 Å². The molecule has 0 aromatic heterocycles. The first-order chi connectivity index (χ1) is 48.8. The number of hydrogen-bond acceptors (Lipinski definition) is 20. The minimum Gasteiger partial charge on any atom is -0.508 e. The van der Waals surface area contributed by atoms with E-state index in [0.717, 1.165) is 51.4 Å². The van der Waals surface area contributed by atoms with Crippen molar-refractivity contribution in [2.45, 2.75) is 275 Å². The Hall–Kier alpha value is -6.83. The average Bonchev–Trinajstić information content (AvgIpc) is 0.857. The van der Waals surface area contributed by atoms with Crippen LogP contribution in [0.15, 0.2) is 34.3 Å². The summed E-state index contributed by atoms with van der Waals surface area (Å²) < 4.78 is 34.5. The number of carbonyl (C=O) groups excluding carboxylic acids is 9. The molecule has 0 saturated carbocycles. The summed E-state index contributed by atoms with van der Waals surface area (Å²) in [6.07, 6.45) is 28.2. The number of aromatic hydroxyl groups is 1. The fraction of sp³-hybridized carbons (Fsp3) is 0.754. The molecule has 0 radical (unpaired) electrons. The van der Waals surface area contributed by atoms with E-state index in [1.807, 2.05) is 0 Å². The molecule has 0 aliphatic heterocycles. The predicted octanol–water partition coefficient (Wildman–Crippen LogP) is 4.52. The van der Waals surface area contributed by atoms with E-state index in [1.165, 1.54) is 134 Å². The summed E-state index contributed by atoms with van der Waals surface area (Å²) in [6, 6.07) is -2.91. The molecular formula is C69H125N14O17PS. The summed E-state index contributed by atoms with van der Waals surface area (Å²) in [4.78, 5) is 139. The monoisotopic (exact) mass is 1480 g/mol. The number of nitrogens with two attached hydrogens (primary N) is 5. The smallest absolute Gasteiger partial charge is 0.472 e. The summed E-state index contributed by atoms with van der Waals surface area (Å²) in [5.41, 5.74) is 28.0. The molecule has 20 N–H and O–H groups in total. The Morgan fingerprint density at radius 3 is 1.44 bits per heavy atom. The molecule has 0 spiro atoms. The maximum absolute atomic E-state index is 14.2. The maximum atomic E-state index is 14.2. The summed E-state index contributed by atoms with van der Waals surface area (Å²) in [6.45, 7) is 2.07. The van der Waals surface area contributed by atoms with Gasteiger partial charge in [-0.05, 0) is 63.1 Å². The molecule has 0 heterocycles. The lowest BCUT2D eigenvalue weighted by Gasteiger charge is -2.26. The summed E-state index contributed by atoms with van der Waals surface area (Å²) in [7, 11) is -4.89. The first kappa shape index (κ1) is 93.2. The topological polar surface area (TPSA) is 507 Å². The average molecular weight is 1490 g/mol. The van der Waals surface area contributed by atoms with Gasteiger partial charge in [0.05, 0.1) is 32.4 Å². The molecule has 7 amide bonds. The van der Waals surface area contributed by atoms with Crippen LogP contribution in [0.2, 0.25) is 0 Å². The van der Waals surface area contributed by atoms with Crippen molar-refractivity contribution in [3.63, 3.8) is 0 Å². The fourth-order valence-electron chi connectivity index (χ4n) is 10.5. The Labute approximate surface area is 609 Å². The third-order valence-corrected chi connectivity index (χ3v) is 17.9. The summed E-state index contributed by atoms with van der Waals surface area (Å²) >= 11 is 3.98.